The normalized spacial score (nSPS) is 10.7. The van der Waals surface area contributed by atoms with Crippen molar-refractivity contribution in [2.24, 2.45) is 0 Å². The van der Waals surface area contributed by atoms with Crippen LogP contribution in [0.25, 0.3) is 10.8 Å². The number of aryl methyl sites for hydroxylation is 1. The molecule has 2 aromatic carbocycles. The second-order valence-electron chi connectivity index (χ2n) is 6.18. The first-order chi connectivity index (χ1) is 14.1. The minimum Gasteiger partial charge on any atom is -0.493 e. The average Bonchev–Trinajstić information content (AvgIpc) is 2.74. The summed E-state index contributed by atoms with van der Waals surface area (Å²) in [7, 11) is 3.13. The minimum absolute atomic E-state index is 0.180. The Bertz CT molecular complexity index is 1080. The van der Waals surface area contributed by atoms with Crippen molar-refractivity contribution in [1.29, 1.82) is 0 Å². The van der Waals surface area contributed by atoms with Crippen LogP contribution in [0.2, 0.25) is 0 Å². The van der Waals surface area contributed by atoms with E-state index in [4.69, 9.17) is 14.2 Å². The molecule has 3 aromatic rings. The Morgan fingerprint density at radius 2 is 1.83 bits per heavy atom. The van der Waals surface area contributed by atoms with Gasteiger partial charge in [0.05, 0.1) is 19.1 Å². The molecule has 0 aliphatic carbocycles. The van der Waals surface area contributed by atoms with E-state index in [2.05, 4.69) is 10.4 Å². The molecule has 1 aromatic heterocycles. The van der Waals surface area contributed by atoms with E-state index in [1.165, 1.54) is 4.68 Å². The molecule has 152 valence electrons. The third kappa shape index (κ3) is 4.38. The summed E-state index contributed by atoms with van der Waals surface area (Å²) in [5.74, 6) is 0.609. The van der Waals surface area contributed by atoms with Crippen molar-refractivity contribution < 1.29 is 19.0 Å². The molecule has 0 saturated carbocycles. The Kier molecular flexibility index (Phi) is 6.46. The van der Waals surface area contributed by atoms with Crippen molar-refractivity contribution in [3.05, 3.63) is 58.5 Å². The lowest BCUT2D eigenvalue weighted by molar-refractivity contribution is 0.102. The quantitative estimate of drug-likeness (QED) is 0.588. The van der Waals surface area contributed by atoms with Gasteiger partial charge in [0.15, 0.2) is 17.2 Å². The summed E-state index contributed by atoms with van der Waals surface area (Å²) in [6, 6.07) is 12.0. The molecule has 0 atom stereocenters. The largest absolute Gasteiger partial charge is 0.493 e. The van der Waals surface area contributed by atoms with Crippen LogP contribution in [0.15, 0.2) is 47.3 Å². The van der Waals surface area contributed by atoms with E-state index in [9.17, 15) is 9.59 Å². The van der Waals surface area contributed by atoms with Gasteiger partial charge < -0.3 is 19.5 Å². The molecule has 1 amide bonds. The molecule has 0 saturated heterocycles. The van der Waals surface area contributed by atoms with E-state index in [0.717, 1.165) is 0 Å². The Morgan fingerprint density at radius 3 is 2.52 bits per heavy atom. The van der Waals surface area contributed by atoms with Crippen molar-refractivity contribution in [1.82, 2.24) is 9.78 Å². The second kappa shape index (κ2) is 9.20. The van der Waals surface area contributed by atoms with Crippen molar-refractivity contribution >= 4 is 22.4 Å². The number of aromatic nitrogens is 2. The number of hydrogen-bond acceptors (Lipinski definition) is 6. The monoisotopic (exact) mass is 397 g/mol. The number of benzene rings is 2. The summed E-state index contributed by atoms with van der Waals surface area (Å²) in [6.07, 6.45) is 0. The van der Waals surface area contributed by atoms with E-state index in [0.29, 0.717) is 47.7 Å². The zero-order chi connectivity index (χ0) is 20.8. The molecule has 8 heteroatoms. The lowest BCUT2D eigenvalue weighted by atomic mass is 10.1. The number of hydrogen-bond donors (Lipinski definition) is 1. The van der Waals surface area contributed by atoms with E-state index in [-0.39, 0.29) is 11.3 Å². The molecule has 8 nitrogen and oxygen atoms in total. The van der Waals surface area contributed by atoms with Crippen LogP contribution in [0.1, 0.15) is 17.4 Å². The Morgan fingerprint density at radius 1 is 1.07 bits per heavy atom. The minimum atomic E-state index is -0.420. The fraction of sp³-hybridized carbons (Fsp3) is 0.286. The molecule has 0 radical (unpaired) electrons. The lowest BCUT2D eigenvalue weighted by Gasteiger charge is -2.13. The van der Waals surface area contributed by atoms with Crippen molar-refractivity contribution in [2.75, 3.05) is 32.8 Å². The molecule has 0 spiro atoms. The molecule has 0 aliphatic heterocycles. The van der Waals surface area contributed by atoms with Gasteiger partial charge in [-0.1, -0.05) is 18.2 Å². The van der Waals surface area contributed by atoms with Crippen molar-refractivity contribution in [2.45, 2.75) is 13.5 Å². The van der Waals surface area contributed by atoms with Gasteiger partial charge in [0.25, 0.3) is 11.5 Å². The van der Waals surface area contributed by atoms with Crippen LogP contribution in [-0.2, 0) is 11.3 Å². The Balaban J connectivity index is 1.94. The number of ether oxygens (including phenoxy) is 3. The Labute approximate surface area is 168 Å². The van der Waals surface area contributed by atoms with E-state index >= 15 is 0 Å². The fourth-order valence-electron chi connectivity index (χ4n) is 2.91. The highest BCUT2D eigenvalue weighted by Crippen LogP contribution is 2.30. The number of amides is 1. The topological polar surface area (TPSA) is 91.7 Å². The highest BCUT2D eigenvalue weighted by molar-refractivity contribution is 6.11. The fourth-order valence-corrected chi connectivity index (χ4v) is 2.91. The molecule has 1 N–H and O–H groups in total. The molecule has 1 heterocycles. The second-order valence-corrected chi connectivity index (χ2v) is 6.18. The first-order valence-electron chi connectivity index (χ1n) is 9.20. The van der Waals surface area contributed by atoms with Crippen LogP contribution in [0.4, 0.5) is 5.69 Å². The number of carbonyl (C=O) groups excluding carboxylic acids is 1. The standard InChI is InChI=1S/C21H23N3O5/c1-4-24-21(26)16-8-6-5-7-15(16)19(23-24)20(25)22-14-9-10-17(28-3)18(13-14)29-12-11-27-2/h5-10,13H,4,11-12H2,1-3H3,(H,22,25). The van der Waals surface area contributed by atoms with Gasteiger partial charge >= 0.3 is 0 Å². The number of carbonyl (C=O) groups is 1. The number of anilines is 1. The van der Waals surface area contributed by atoms with E-state index < -0.39 is 5.91 Å². The Hall–Kier alpha value is -3.39. The lowest BCUT2D eigenvalue weighted by Crippen LogP contribution is -2.27. The predicted molar refractivity (Wildman–Crippen MR) is 110 cm³/mol. The molecular formula is C21H23N3O5. The van der Waals surface area contributed by atoms with Gasteiger partial charge in [-0.15, -0.1) is 0 Å². The number of rotatable bonds is 8. The molecular weight excluding hydrogens is 374 g/mol. The van der Waals surface area contributed by atoms with Gasteiger partial charge in [0, 0.05) is 30.8 Å². The summed E-state index contributed by atoms with van der Waals surface area (Å²) in [5, 5.41) is 8.03. The van der Waals surface area contributed by atoms with E-state index in [1.807, 2.05) is 0 Å². The summed E-state index contributed by atoms with van der Waals surface area (Å²) < 4.78 is 17.2. The zero-order valence-electron chi connectivity index (χ0n) is 16.6. The molecule has 0 bridgehead atoms. The zero-order valence-corrected chi connectivity index (χ0v) is 16.6. The van der Waals surface area contributed by atoms with Gasteiger partial charge in [-0.2, -0.15) is 5.10 Å². The van der Waals surface area contributed by atoms with Crippen LogP contribution in [0.5, 0.6) is 11.5 Å². The average molecular weight is 397 g/mol. The molecule has 0 aliphatic rings. The highest BCUT2D eigenvalue weighted by atomic mass is 16.5. The van der Waals surface area contributed by atoms with Gasteiger partial charge in [0.1, 0.15) is 6.61 Å². The van der Waals surface area contributed by atoms with Crippen LogP contribution in [0.3, 0.4) is 0 Å². The molecule has 0 fully saturated rings. The summed E-state index contributed by atoms with van der Waals surface area (Å²) in [4.78, 5) is 25.4. The van der Waals surface area contributed by atoms with Crippen LogP contribution >= 0.6 is 0 Å². The number of nitrogens with zero attached hydrogens (tertiary/aromatic N) is 2. The molecule has 29 heavy (non-hydrogen) atoms. The molecule has 3 rings (SSSR count). The summed E-state index contributed by atoms with van der Waals surface area (Å²) in [6.45, 7) is 2.94. The maximum Gasteiger partial charge on any atom is 0.276 e. The molecule has 0 unspecified atom stereocenters. The van der Waals surface area contributed by atoms with Gasteiger partial charge in [-0.05, 0) is 25.1 Å². The SMILES string of the molecule is CCn1nc(C(=O)Nc2ccc(OC)c(OCCOC)c2)c2ccccc2c1=O. The smallest absolute Gasteiger partial charge is 0.276 e. The van der Waals surface area contributed by atoms with Crippen LogP contribution in [-0.4, -0.2) is 43.1 Å². The first-order valence-corrected chi connectivity index (χ1v) is 9.20. The number of fused-ring (bicyclic) bond motifs is 1. The van der Waals surface area contributed by atoms with E-state index in [1.54, 1.807) is 63.6 Å². The van der Waals surface area contributed by atoms with Crippen LogP contribution in [0, 0.1) is 0 Å². The third-order valence-corrected chi connectivity index (χ3v) is 4.35. The van der Waals surface area contributed by atoms with Gasteiger partial charge in [-0.3, -0.25) is 9.59 Å². The van der Waals surface area contributed by atoms with Gasteiger partial charge in [0.2, 0.25) is 0 Å². The van der Waals surface area contributed by atoms with Crippen LogP contribution < -0.4 is 20.3 Å². The summed E-state index contributed by atoms with van der Waals surface area (Å²) >= 11 is 0. The number of methoxy groups -OCH3 is 2. The van der Waals surface area contributed by atoms with Crippen molar-refractivity contribution in [3.8, 4) is 11.5 Å². The van der Waals surface area contributed by atoms with Crippen molar-refractivity contribution in [3.63, 3.8) is 0 Å². The third-order valence-electron chi connectivity index (χ3n) is 4.35. The number of nitrogens with one attached hydrogen (secondary N) is 1. The summed E-state index contributed by atoms with van der Waals surface area (Å²) in [5.41, 5.74) is 0.473. The maximum absolute atomic E-state index is 13.0. The predicted octanol–water partition coefficient (Wildman–Crippen LogP) is 2.70. The highest BCUT2D eigenvalue weighted by Gasteiger charge is 2.17. The maximum atomic E-state index is 13.0. The van der Waals surface area contributed by atoms with Gasteiger partial charge in [-0.25, -0.2) is 4.68 Å². The first kappa shape index (κ1) is 20.3.